The molecule has 3 amide bonds. The maximum Gasteiger partial charge on any atom is 0.408 e. The summed E-state index contributed by atoms with van der Waals surface area (Å²) < 4.78 is 5.45. The Balaban J connectivity index is 3.40. The average molecular weight is 534 g/mol. The second-order valence-corrected chi connectivity index (χ2v) is 11.8. The topological polar surface area (TPSA) is 108 Å². The van der Waals surface area contributed by atoms with E-state index in [9.17, 15) is 19.5 Å². The lowest BCUT2D eigenvalue weighted by atomic mass is 9.98. The van der Waals surface area contributed by atoms with Crippen molar-refractivity contribution < 1.29 is 24.2 Å². The van der Waals surface area contributed by atoms with Crippen molar-refractivity contribution in [3.63, 3.8) is 0 Å². The third kappa shape index (κ3) is 12.7. The van der Waals surface area contributed by atoms with Crippen molar-refractivity contribution in [2.75, 3.05) is 6.54 Å². The van der Waals surface area contributed by atoms with Gasteiger partial charge in [-0.2, -0.15) is 0 Å². The molecule has 8 nitrogen and oxygen atoms in total. The zero-order chi connectivity index (χ0) is 28.9. The highest BCUT2D eigenvalue weighted by atomic mass is 16.6. The van der Waals surface area contributed by atoms with Crippen molar-refractivity contribution in [2.24, 2.45) is 5.92 Å². The maximum atomic E-state index is 14.1. The van der Waals surface area contributed by atoms with E-state index in [0.717, 1.165) is 32.1 Å². The third-order valence-corrected chi connectivity index (χ3v) is 5.93. The first-order valence-electron chi connectivity index (χ1n) is 14.1. The molecule has 1 rings (SSSR count). The summed E-state index contributed by atoms with van der Waals surface area (Å²) in [5.74, 6) is -0.429. The third-order valence-electron chi connectivity index (χ3n) is 5.93. The van der Waals surface area contributed by atoms with Gasteiger partial charge >= 0.3 is 6.09 Å². The standard InChI is InChI=1S/C30H51N3O5/c1-9-10-11-12-13-14-19-33(26(27(35)31-22(4)5)23-15-17-24(34)18-16-23)28(36)25(20-21(2)3)32-29(37)38-30(6,7)8/h15-18,21-22,25-26,34H,9-14,19-20H2,1-8H3,(H,31,35)(H,32,37). The minimum atomic E-state index is -0.906. The highest BCUT2D eigenvalue weighted by Crippen LogP contribution is 2.26. The van der Waals surface area contributed by atoms with Gasteiger partial charge in [-0.3, -0.25) is 9.59 Å². The Morgan fingerprint density at radius 1 is 0.921 bits per heavy atom. The van der Waals surface area contributed by atoms with E-state index in [1.807, 2.05) is 27.7 Å². The van der Waals surface area contributed by atoms with Gasteiger partial charge in [0.25, 0.3) is 0 Å². The van der Waals surface area contributed by atoms with Crippen LogP contribution >= 0.6 is 0 Å². The van der Waals surface area contributed by atoms with Gasteiger partial charge in [0.1, 0.15) is 23.4 Å². The molecule has 0 aliphatic rings. The summed E-state index contributed by atoms with van der Waals surface area (Å²) in [7, 11) is 0. The second-order valence-electron chi connectivity index (χ2n) is 11.8. The number of aromatic hydroxyl groups is 1. The number of ether oxygens (including phenoxy) is 1. The quantitative estimate of drug-likeness (QED) is 0.237. The van der Waals surface area contributed by atoms with E-state index >= 15 is 0 Å². The van der Waals surface area contributed by atoms with Crippen LogP contribution in [0.5, 0.6) is 5.75 Å². The number of hydrogen-bond acceptors (Lipinski definition) is 5. The summed E-state index contributed by atoms with van der Waals surface area (Å²) in [5.41, 5.74) is -0.111. The number of alkyl carbamates (subject to hydrolysis) is 1. The number of rotatable bonds is 15. The molecule has 3 N–H and O–H groups in total. The molecular formula is C30H51N3O5. The van der Waals surface area contributed by atoms with Gasteiger partial charge < -0.3 is 25.4 Å². The molecule has 0 saturated heterocycles. The monoisotopic (exact) mass is 533 g/mol. The number of benzene rings is 1. The van der Waals surface area contributed by atoms with Gasteiger partial charge in [0.05, 0.1) is 0 Å². The smallest absolute Gasteiger partial charge is 0.408 e. The van der Waals surface area contributed by atoms with Crippen molar-refractivity contribution in [3.05, 3.63) is 29.8 Å². The average Bonchev–Trinajstić information content (AvgIpc) is 2.78. The van der Waals surface area contributed by atoms with Crippen LogP contribution in [0.4, 0.5) is 4.79 Å². The van der Waals surface area contributed by atoms with Gasteiger partial charge in [-0.15, -0.1) is 0 Å². The molecule has 0 heterocycles. The van der Waals surface area contributed by atoms with Crippen LogP contribution in [0.15, 0.2) is 24.3 Å². The number of carbonyl (C=O) groups is 3. The molecule has 38 heavy (non-hydrogen) atoms. The van der Waals surface area contributed by atoms with Crippen molar-refractivity contribution in [3.8, 4) is 5.75 Å². The van der Waals surface area contributed by atoms with Crippen LogP contribution in [-0.2, 0) is 14.3 Å². The molecule has 0 bridgehead atoms. The number of unbranched alkanes of at least 4 members (excludes halogenated alkanes) is 5. The Kier molecular flexibility index (Phi) is 14.2. The Hall–Kier alpha value is -2.77. The lowest BCUT2D eigenvalue weighted by molar-refractivity contribution is -0.143. The summed E-state index contributed by atoms with van der Waals surface area (Å²) in [5, 5.41) is 15.6. The summed E-state index contributed by atoms with van der Waals surface area (Å²) in [6.45, 7) is 15.6. The number of nitrogens with one attached hydrogen (secondary N) is 2. The Bertz CT molecular complexity index is 862. The molecular weight excluding hydrogens is 482 g/mol. The highest BCUT2D eigenvalue weighted by molar-refractivity contribution is 5.92. The van der Waals surface area contributed by atoms with E-state index in [1.165, 1.54) is 18.6 Å². The molecule has 0 spiro atoms. The summed E-state index contributed by atoms with van der Waals surface area (Å²) >= 11 is 0. The summed E-state index contributed by atoms with van der Waals surface area (Å²) in [6, 6.07) is 4.48. The van der Waals surface area contributed by atoms with Crippen LogP contribution in [0.1, 0.15) is 112 Å². The van der Waals surface area contributed by atoms with Crippen molar-refractivity contribution in [2.45, 2.75) is 124 Å². The normalized spacial score (nSPS) is 13.2. The Morgan fingerprint density at radius 2 is 1.50 bits per heavy atom. The molecule has 1 aromatic carbocycles. The van der Waals surface area contributed by atoms with Gasteiger partial charge in [0.2, 0.25) is 11.8 Å². The summed E-state index contributed by atoms with van der Waals surface area (Å²) in [6.07, 6.45) is 5.93. The molecule has 2 unspecified atom stereocenters. The number of nitrogens with zero attached hydrogens (tertiary/aromatic N) is 1. The van der Waals surface area contributed by atoms with Crippen LogP contribution in [0, 0.1) is 5.92 Å². The van der Waals surface area contributed by atoms with Crippen LogP contribution in [0.2, 0.25) is 0 Å². The lowest BCUT2D eigenvalue weighted by Crippen LogP contribution is -2.54. The number of phenolic OH excluding ortho intramolecular Hbond substituents is 1. The minimum Gasteiger partial charge on any atom is -0.508 e. The minimum absolute atomic E-state index is 0.0786. The number of hydrogen-bond donors (Lipinski definition) is 3. The van der Waals surface area contributed by atoms with E-state index in [0.29, 0.717) is 18.5 Å². The SMILES string of the molecule is CCCCCCCCN(C(=O)C(CC(C)C)NC(=O)OC(C)(C)C)C(C(=O)NC(C)C)c1ccc(O)cc1. The Morgan fingerprint density at radius 3 is 2.03 bits per heavy atom. The van der Waals surface area contributed by atoms with Gasteiger partial charge in [-0.1, -0.05) is 65.0 Å². The fraction of sp³-hybridized carbons (Fsp3) is 0.700. The van der Waals surface area contributed by atoms with Crippen molar-refractivity contribution in [1.29, 1.82) is 0 Å². The van der Waals surface area contributed by atoms with Gasteiger partial charge in [-0.05, 0) is 71.1 Å². The highest BCUT2D eigenvalue weighted by Gasteiger charge is 2.36. The van der Waals surface area contributed by atoms with Crippen LogP contribution in [0.3, 0.4) is 0 Å². The first-order chi connectivity index (χ1) is 17.7. The van der Waals surface area contributed by atoms with E-state index in [1.54, 1.807) is 37.8 Å². The fourth-order valence-electron chi connectivity index (χ4n) is 4.26. The van der Waals surface area contributed by atoms with Gasteiger partial charge in [0, 0.05) is 12.6 Å². The molecule has 0 aromatic heterocycles. The van der Waals surface area contributed by atoms with E-state index in [-0.39, 0.29) is 29.5 Å². The van der Waals surface area contributed by atoms with Crippen LogP contribution in [0.25, 0.3) is 0 Å². The first kappa shape index (κ1) is 33.3. The second kappa shape index (κ2) is 16.2. The molecule has 0 aliphatic heterocycles. The molecule has 0 saturated carbocycles. The fourth-order valence-corrected chi connectivity index (χ4v) is 4.26. The Labute approximate surface area is 229 Å². The van der Waals surface area contributed by atoms with E-state index in [4.69, 9.17) is 4.74 Å². The van der Waals surface area contributed by atoms with E-state index in [2.05, 4.69) is 17.6 Å². The van der Waals surface area contributed by atoms with Crippen molar-refractivity contribution in [1.82, 2.24) is 15.5 Å². The molecule has 0 fully saturated rings. The number of amides is 3. The van der Waals surface area contributed by atoms with Gasteiger partial charge in [0.15, 0.2) is 0 Å². The molecule has 216 valence electrons. The predicted molar refractivity (Wildman–Crippen MR) is 152 cm³/mol. The van der Waals surface area contributed by atoms with Gasteiger partial charge in [-0.25, -0.2) is 4.79 Å². The molecule has 8 heteroatoms. The number of carbonyl (C=O) groups excluding carboxylic acids is 3. The molecule has 0 radical (unpaired) electrons. The van der Waals surface area contributed by atoms with E-state index < -0.39 is 23.8 Å². The number of phenols is 1. The zero-order valence-electron chi connectivity index (χ0n) is 24.8. The first-order valence-corrected chi connectivity index (χ1v) is 14.1. The van der Waals surface area contributed by atoms with Crippen molar-refractivity contribution >= 4 is 17.9 Å². The predicted octanol–water partition coefficient (Wildman–Crippen LogP) is 6.09. The molecule has 0 aliphatic carbocycles. The molecule has 1 aromatic rings. The molecule has 2 atom stereocenters. The maximum absolute atomic E-state index is 14.1. The summed E-state index contributed by atoms with van der Waals surface area (Å²) in [4.78, 5) is 42.0. The lowest BCUT2D eigenvalue weighted by Gasteiger charge is -2.35. The largest absolute Gasteiger partial charge is 0.508 e. The van der Waals surface area contributed by atoms with Crippen LogP contribution < -0.4 is 10.6 Å². The van der Waals surface area contributed by atoms with Crippen LogP contribution in [-0.4, -0.2) is 52.1 Å². The zero-order valence-corrected chi connectivity index (χ0v) is 24.8.